The van der Waals surface area contributed by atoms with Crippen LogP contribution in [0.5, 0.6) is 0 Å². The summed E-state index contributed by atoms with van der Waals surface area (Å²) >= 11 is 0. The Labute approximate surface area is 127 Å². The van der Waals surface area contributed by atoms with Gasteiger partial charge in [-0.2, -0.15) is 0 Å². The lowest BCUT2D eigenvalue weighted by Gasteiger charge is -2.23. The number of hydrogen-bond donors (Lipinski definition) is 2. The number of nitrogen functional groups attached to an aromatic ring is 1. The van der Waals surface area contributed by atoms with E-state index >= 15 is 0 Å². The molecule has 0 aliphatic heterocycles. The summed E-state index contributed by atoms with van der Waals surface area (Å²) < 4.78 is 5.38. The van der Waals surface area contributed by atoms with Gasteiger partial charge in [-0.15, -0.1) is 0 Å². The Kier molecular flexibility index (Phi) is 7.96. The number of anilines is 2. The predicted molar refractivity (Wildman–Crippen MR) is 86.2 cm³/mol. The van der Waals surface area contributed by atoms with E-state index in [1.165, 1.54) is 0 Å². The first-order valence-corrected chi connectivity index (χ1v) is 7.42. The van der Waals surface area contributed by atoms with Crippen LogP contribution in [0.3, 0.4) is 0 Å². The van der Waals surface area contributed by atoms with Gasteiger partial charge in [0.1, 0.15) is 18.2 Å². The van der Waals surface area contributed by atoms with Gasteiger partial charge >= 0.3 is 0 Å². The average Bonchev–Trinajstić information content (AvgIpc) is 2.48. The number of ether oxygens (including phenoxy) is 1. The van der Waals surface area contributed by atoms with Crippen molar-refractivity contribution in [2.45, 2.75) is 26.9 Å². The lowest BCUT2D eigenvalue weighted by Crippen LogP contribution is -2.28. The number of hydrazine groups is 1. The normalized spacial score (nSPS) is 11.0. The molecule has 0 aliphatic rings. The molecule has 1 aromatic rings. The molecule has 0 atom stereocenters. The van der Waals surface area contributed by atoms with Gasteiger partial charge < -0.3 is 20.0 Å². The van der Waals surface area contributed by atoms with Gasteiger partial charge in [0, 0.05) is 25.8 Å². The Hall–Kier alpha value is -1.44. The van der Waals surface area contributed by atoms with E-state index < -0.39 is 0 Å². The molecule has 1 rings (SSSR count). The van der Waals surface area contributed by atoms with Crippen LogP contribution in [0.2, 0.25) is 0 Å². The Bertz CT molecular complexity index is 412. The summed E-state index contributed by atoms with van der Waals surface area (Å²) in [7, 11) is 4.16. The predicted octanol–water partition coefficient (Wildman–Crippen LogP) is 1.08. The first-order chi connectivity index (χ1) is 10.1. The first-order valence-electron chi connectivity index (χ1n) is 7.42. The summed E-state index contributed by atoms with van der Waals surface area (Å²) in [5, 5.41) is 0. The monoisotopic (exact) mass is 296 g/mol. The van der Waals surface area contributed by atoms with Crippen molar-refractivity contribution < 1.29 is 4.74 Å². The van der Waals surface area contributed by atoms with E-state index in [0.29, 0.717) is 24.9 Å². The lowest BCUT2D eigenvalue weighted by molar-refractivity contribution is 0.128. The van der Waals surface area contributed by atoms with Crippen molar-refractivity contribution in [3.63, 3.8) is 0 Å². The Balaban J connectivity index is 2.80. The highest BCUT2D eigenvalue weighted by molar-refractivity contribution is 5.48. The number of nitrogens with two attached hydrogens (primary N) is 1. The summed E-state index contributed by atoms with van der Waals surface area (Å²) in [4.78, 5) is 13.3. The number of nitrogens with zero attached hydrogens (tertiary/aromatic N) is 4. The second-order valence-corrected chi connectivity index (χ2v) is 5.05. The van der Waals surface area contributed by atoms with E-state index in [-0.39, 0.29) is 0 Å². The van der Waals surface area contributed by atoms with Crippen LogP contribution in [0.1, 0.15) is 26.1 Å². The highest BCUT2D eigenvalue weighted by atomic mass is 16.5. The fourth-order valence-corrected chi connectivity index (χ4v) is 1.99. The molecular formula is C14H28N6O. The van der Waals surface area contributed by atoms with Crippen molar-refractivity contribution >= 4 is 11.6 Å². The molecule has 1 heterocycles. The summed E-state index contributed by atoms with van der Waals surface area (Å²) in [6.45, 7) is 8.00. The molecule has 21 heavy (non-hydrogen) atoms. The van der Waals surface area contributed by atoms with Crippen LogP contribution < -0.4 is 16.2 Å². The van der Waals surface area contributed by atoms with Crippen LogP contribution in [0, 0.1) is 0 Å². The molecule has 0 saturated heterocycles. The van der Waals surface area contributed by atoms with E-state index in [2.05, 4.69) is 46.2 Å². The maximum atomic E-state index is 5.49. The molecule has 0 spiro atoms. The summed E-state index contributed by atoms with van der Waals surface area (Å²) in [5.74, 6) is 7.63. The van der Waals surface area contributed by atoms with Crippen molar-refractivity contribution in [3.8, 4) is 0 Å². The third-order valence-corrected chi connectivity index (χ3v) is 3.08. The second kappa shape index (κ2) is 9.49. The van der Waals surface area contributed by atoms with Gasteiger partial charge in [-0.3, -0.25) is 0 Å². The lowest BCUT2D eigenvalue weighted by atomic mass is 10.3. The molecule has 0 aromatic carbocycles. The second-order valence-electron chi connectivity index (χ2n) is 5.05. The zero-order chi connectivity index (χ0) is 15.7. The molecule has 120 valence electrons. The molecule has 0 aliphatic carbocycles. The van der Waals surface area contributed by atoms with E-state index in [1.807, 2.05) is 13.0 Å². The molecule has 0 saturated carbocycles. The molecule has 0 unspecified atom stereocenters. The summed E-state index contributed by atoms with van der Waals surface area (Å²) in [5.41, 5.74) is 2.60. The van der Waals surface area contributed by atoms with Gasteiger partial charge in [0.05, 0.1) is 0 Å². The first kappa shape index (κ1) is 17.6. The molecule has 7 nitrogen and oxygen atoms in total. The van der Waals surface area contributed by atoms with Gasteiger partial charge in [-0.25, -0.2) is 15.8 Å². The largest absolute Gasteiger partial charge is 0.374 e. The molecule has 0 radical (unpaired) electrons. The molecule has 1 aromatic heterocycles. The van der Waals surface area contributed by atoms with Gasteiger partial charge in [0.25, 0.3) is 0 Å². The van der Waals surface area contributed by atoms with Crippen LogP contribution >= 0.6 is 0 Å². The Morgan fingerprint density at radius 2 is 2.00 bits per heavy atom. The molecule has 7 heteroatoms. The summed E-state index contributed by atoms with van der Waals surface area (Å²) in [6, 6.07) is 1.87. The van der Waals surface area contributed by atoms with Crippen molar-refractivity contribution in [1.82, 2.24) is 14.9 Å². The van der Waals surface area contributed by atoms with Crippen LogP contribution in [0.4, 0.5) is 11.6 Å². The fourth-order valence-electron chi connectivity index (χ4n) is 1.99. The highest BCUT2D eigenvalue weighted by Gasteiger charge is 2.10. The SMILES string of the molecule is CCOCc1nc(NN)cc(N(CC)CCCN(C)C)n1. The molecular weight excluding hydrogens is 268 g/mol. The highest BCUT2D eigenvalue weighted by Crippen LogP contribution is 2.16. The third-order valence-electron chi connectivity index (χ3n) is 3.08. The van der Waals surface area contributed by atoms with Crippen LogP contribution in [0.15, 0.2) is 6.07 Å². The van der Waals surface area contributed by atoms with Crippen molar-refractivity contribution in [2.75, 3.05) is 50.7 Å². The zero-order valence-corrected chi connectivity index (χ0v) is 13.6. The topological polar surface area (TPSA) is 79.5 Å². The van der Waals surface area contributed by atoms with E-state index in [0.717, 1.165) is 31.9 Å². The quantitative estimate of drug-likeness (QED) is 0.494. The number of hydrogen-bond acceptors (Lipinski definition) is 7. The Morgan fingerprint density at radius 1 is 1.24 bits per heavy atom. The smallest absolute Gasteiger partial charge is 0.158 e. The number of aromatic nitrogens is 2. The van der Waals surface area contributed by atoms with Crippen LogP contribution in [-0.4, -0.2) is 55.2 Å². The van der Waals surface area contributed by atoms with Gasteiger partial charge in [0.2, 0.25) is 0 Å². The fraction of sp³-hybridized carbons (Fsp3) is 0.714. The van der Waals surface area contributed by atoms with E-state index in [9.17, 15) is 0 Å². The van der Waals surface area contributed by atoms with Crippen LogP contribution in [0.25, 0.3) is 0 Å². The van der Waals surface area contributed by atoms with Gasteiger partial charge in [-0.05, 0) is 40.9 Å². The van der Waals surface area contributed by atoms with Crippen molar-refractivity contribution in [3.05, 3.63) is 11.9 Å². The van der Waals surface area contributed by atoms with Crippen molar-refractivity contribution in [2.24, 2.45) is 5.84 Å². The van der Waals surface area contributed by atoms with E-state index in [1.54, 1.807) is 0 Å². The minimum absolute atomic E-state index is 0.397. The van der Waals surface area contributed by atoms with Crippen molar-refractivity contribution in [1.29, 1.82) is 0 Å². The van der Waals surface area contributed by atoms with Gasteiger partial charge in [0.15, 0.2) is 5.82 Å². The maximum absolute atomic E-state index is 5.49. The van der Waals surface area contributed by atoms with E-state index in [4.69, 9.17) is 10.6 Å². The summed E-state index contributed by atoms with van der Waals surface area (Å²) in [6.07, 6.45) is 1.08. The average molecular weight is 296 g/mol. The molecule has 0 bridgehead atoms. The third kappa shape index (κ3) is 6.24. The zero-order valence-electron chi connectivity index (χ0n) is 13.6. The maximum Gasteiger partial charge on any atom is 0.158 e. The Morgan fingerprint density at radius 3 is 2.57 bits per heavy atom. The van der Waals surface area contributed by atoms with Crippen LogP contribution in [-0.2, 0) is 11.3 Å². The molecule has 0 amide bonds. The minimum Gasteiger partial charge on any atom is -0.374 e. The standard InChI is InChI=1S/C14H28N6O/c1-5-20(9-7-8-19(3)4)14-10-12(18-15)16-13(17-14)11-21-6-2/h10H,5-9,11,15H2,1-4H3,(H,16,17,18). The molecule has 3 N–H and O–H groups in total. The number of rotatable bonds is 10. The number of nitrogens with one attached hydrogen (secondary N) is 1. The van der Waals surface area contributed by atoms with Gasteiger partial charge in [-0.1, -0.05) is 0 Å². The minimum atomic E-state index is 0.397. The molecule has 0 fully saturated rings.